The molecule has 0 amide bonds. The highest BCUT2D eigenvalue weighted by atomic mass is 79.9. The third kappa shape index (κ3) is 3.89. The van der Waals surface area contributed by atoms with Crippen LogP contribution in [0.2, 0.25) is 0 Å². The van der Waals surface area contributed by atoms with Crippen LogP contribution in [0.15, 0.2) is 11.1 Å². The molecule has 0 spiro atoms. The van der Waals surface area contributed by atoms with Crippen molar-refractivity contribution in [2.45, 2.75) is 18.9 Å². The summed E-state index contributed by atoms with van der Waals surface area (Å²) in [6.45, 7) is 6.52. The van der Waals surface area contributed by atoms with Gasteiger partial charge in [-0.05, 0) is 25.9 Å². The smallest absolute Gasteiger partial charge is 0.0779 e. The highest BCUT2D eigenvalue weighted by Gasteiger charge is 2.12. The number of rotatable bonds is 3. The Bertz CT molecular complexity index is 132. The first-order chi connectivity index (χ1) is 5.29. The van der Waals surface area contributed by atoms with Crippen LogP contribution in [0.25, 0.3) is 0 Å². The summed E-state index contributed by atoms with van der Waals surface area (Å²) in [7, 11) is 0. The van der Waals surface area contributed by atoms with E-state index < -0.39 is 0 Å². The predicted molar refractivity (Wildman–Crippen MR) is 49.9 cm³/mol. The normalized spacial score (nSPS) is 20.1. The SMILES string of the molecule is C=C(Br)COC1CCNCC1. The molecule has 1 aliphatic heterocycles. The van der Waals surface area contributed by atoms with Crippen LogP contribution >= 0.6 is 15.9 Å². The van der Waals surface area contributed by atoms with E-state index in [9.17, 15) is 0 Å². The molecule has 0 bridgehead atoms. The molecule has 0 radical (unpaired) electrons. The summed E-state index contributed by atoms with van der Waals surface area (Å²) in [4.78, 5) is 0. The molecule has 1 heterocycles. The molecule has 64 valence electrons. The van der Waals surface area contributed by atoms with Gasteiger partial charge in [0, 0.05) is 4.48 Å². The molecule has 0 unspecified atom stereocenters. The maximum atomic E-state index is 5.56. The summed E-state index contributed by atoms with van der Waals surface area (Å²) in [5.41, 5.74) is 0. The second kappa shape index (κ2) is 4.91. The minimum atomic E-state index is 0.436. The molecule has 1 saturated heterocycles. The lowest BCUT2D eigenvalue weighted by Gasteiger charge is -2.22. The van der Waals surface area contributed by atoms with E-state index in [1.165, 1.54) is 0 Å². The highest BCUT2D eigenvalue weighted by molar-refractivity contribution is 9.11. The number of halogens is 1. The molecule has 1 rings (SSSR count). The summed E-state index contributed by atoms with van der Waals surface area (Å²) < 4.78 is 6.48. The van der Waals surface area contributed by atoms with Crippen LogP contribution in [0.4, 0.5) is 0 Å². The van der Waals surface area contributed by atoms with Crippen molar-refractivity contribution in [2.75, 3.05) is 19.7 Å². The summed E-state index contributed by atoms with van der Waals surface area (Å²) in [5, 5.41) is 3.29. The molecule has 0 aromatic heterocycles. The predicted octanol–water partition coefficient (Wildman–Crippen LogP) is 1.66. The van der Waals surface area contributed by atoms with E-state index >= 15 is 0 Å². The van der Waals surface area contributed by atoms with Crippen LogP contribution in [-0.2, 0) is 4.74 Å². The van der Waals surface area contributed by atoms with Crippen molar-refractivity contribution in [2.24, 2.45) is 0 Å². The van der Waals surface area contributed by atoms with E-state index in [1.807, 2.05) is 0 Å². The number of ether oxygens (including phenoxy) is 1. The Morgan fingerprint density at radius 2 is 2.18 bits per heavy atom. The molecule has 0 saturated carbocycles. The van der Waals surface area contributed by atoms with Crippen molar-refractivity contribution in [3.05, 3.63) is 11.1 Å². The number of hydrogen-bond donors (Lipinski definition) is 1. The fourth-order valence-corrected chi connectivity index (χ4v) is 1.30. The third-order valence-electron chi connectivity index (χ3n) is 1.76. The molecule has 0 atom stereocenters. The van der Waals surface area contributed by atoms with E-state index in [0.29, 0.717) is 12.7 Å². The Balaban J connectivity index is 2.09. The van der Waals surface area contributed by atoms with Gasteiger partial charge in [0.25, 0.3) is 0 Å². The largest absolute Gasteiger partial charge is 0.373 e. The number of piperidine rings is 1. The fourth-order valence-electron chi connectivity index (χ4n) is 1.17. The monoisotopic (exact) mass is 219 g/mol. The van der Waals surface area contributed by atoms with Gasteiger partial charge in [0.2, 0.25) is 0 Å². The van der Waals surface area contributed by atoms with Crippen molar-refractivity contribution < 1.29 is 4.74 Å². The Kier molecular flexibility index (Phi) is 4.12. The highest BCUT2D eigenvalue weighted by Crippen LogP contribution is 2.10. The van der Waals surface area contributed by atoms with Crippen molar-refractivity contribution in [1.82, 2.24) is 5.32 Å². The zero-order chi connectivity index (χ0) is 8.10. The van der Waals surface area contributed by atoms with E-state index in [-0.39, 0.29) is 0 Å². The average molecular weight is 220 g/mol. The fraction of sp³-hybridized carbons (Fsp3) is 0.750. The van der Waals surface area contributed by atoms with Crippen LogP contribution in [0.1, 0.15) is 12.8 Å². The molecular weight excluding hydrogens is 206 g/mol. The molecule has 1 N–H and O–H groups in total. The first-order valence-corrected chi connectivity index (χ1v) is 4.74. The number of hydrogen-bond acceptors (Lipinski definition) is 2. The Morgan fingerprint density at radius 1 is 1.55 bits per heavy atom. The van der Waals surface area contributed by atoms with Gasteiger partial charge in [0.05, 0.1) is 12.7 Å². The van der Waals surface area contributed by atoms with Gasteiger partial charge in [-0.15, -0.1) is 0 Å². The van der Waals surface area contributed by atoms with Crippen LogP contribution in [0, 0.1) is 0 Å². The van der Waals surface area contributed by atoms with Gasteiger partial charge in [0.1, 0.15) is 0 Å². The Hall–Kier alpha value is 0.140. The van der Waals surface area contributed by atoms with E-state index in [1.54, 1.807) is 0 Å². The minimum absolute atomic E-state index is 0.436. The molecule has 1 aliphatic rings. The summed E-state index contributed by atoms with van der Waals surface area (Å²) >= 11 is 3.27. The topological polar surface area (TPSA) is 21.3 Å². The maximum Gasteiger partial charge on any atom is 0.0779 e. The molecule has 0 aromatic carbocycles. The average Bonchev–Trinajstić information content (AvgIpc) is 2.03. The van der Waals surface area contributed by atoms with Crippen LogP contribution in [0.3, 0.4) is 0 Å². The van der Waals surface area contributed by atoms with E-state index in [4.69, 9.17) is 4.74 Å². The second-order valence-electron chi connectivity index (χ2n) is 2.78. The quantitative estimate of drug-likeness (QED) is 0.781. The van der Waals surface area contributed by atoms with Gasteiger partial charge in [-0.25, -0.2) is 0 Å². The first-order valence-electron chi connectivity index (χ1n) is 3.94. The van der Waals surface area contributed by atoms with Crippen molar-refractivity contribution >= 4 is 15.9 Å². The molecule has 0 aliphatic carbocycles. The summed E-state index contributed by atoms with van der Waals surface area (Å²) in [6.07, 6.45) is 2.69. The maximum absolute atomic E-state index is 5.56. The Labute approximate surface area is 76.1 Å². The third-order valence-corrected chi connectivity index (χ3v) is 1.99. The lowest BCUT2D eigenvalue weighted by molar-refractivity contribution is 0.0507. The van der Waals surface area contributed by atoms with Gasteiger partial charge in [-0.3, -0.25) is 0 Å². The standard InChI is InChI=1S/C8H14BrNO/c1-7(9)6-11-8-2-4-10-5-3-8/h8,10H,1-6H2. The lowest BCUT2D eigenvalue weighted by atomic mass is 10.1. The second-order valence-corrected chi connectivity index (χ2v) is 3.90. The molecule has 3 heteroatoms. The van der Waals surface area contributed by atoms with Gasteiger partial charge < -0.3 is 10.1 Å². The van der Waals surface area contributed by atoms with Crippen LogP contribution < -0.4 is 5.32 Å². The van der Waals surface area contributed by atoms with Crippen LogP contribution in [-0.4, -0.2) is 25.8 Å². The molecule has 1 fully saturated rings. The van der Waals surface area contributed by atoms with E-state index in [2.05, 4.69) is 27.8 Å². The zero-order valence-corrected chi connectivity index (χ0v) is 8.19. The molecule has 2 nitrogen and oxygen atoms in total. The van der Waals surface area contributed by atoms with Gasteiger partial charge in [-0.2, -0.15) is 0 Å². The van der Waals surface area contributed by atoms with Crippen molar-refractivity contribution in [3.8, 4) is 0 Å². The Morgan fingerprint density at radius 3 is 2.73 bits per heavy atom. The van der Waals surface area contributed by atoms with Crippen molar-refractivity contribution in [1.29, 1.82) is 0 Å². The molecular formula is C8H14BrNO. The summed E-state index contributed by atoms with van der Waals surface area (Å²) in [5.74, 6) is 0. The van der Waals surface area contributed by atoms with Crippen molar-refractivity contribution in [3.63, 3.8) is 0 Å². The zero-order valence-electron chi connectivity index (χ0n) is 6.61. The minimum Gasteiger partial charge on any atom is -0.373 e. The van der Waals surface area contributed by atoms with E-state index in [0.717, 1.165) is 30.4 Å². The van der Waals surface area contributed by atoms with Gasteiger partial charge >= 0.3 is 0 Å². The first kappa shape index (κ1) is 9.23. The van der Waals surface area contributed by atoms with Gasteiger partial charge in [-0.1, -0.05) is 22.5 Å². The molecule has 11 heavy (non-hydrogen) atoms. The number of nitrogens with one attached hydrogen (secondary N) is 1. The lowest BCUT2D eigenvalue weighted by Crippen LogP contribution is -2.32. The molecule has 0 aromatic rings. The summed E-state index contributed by atoms with van der Waals surface area (Å²) in [6, 6.07) is 0. The van der Waals surface area contributed by atoms with Crippen LogP contribution in [0.5, 0.6) is 0 Å². The van der Waals surface area contributed by atoms with Gasteiger partial charge in [0.15, 0.2) is 0 Å².